The van der Waals surface area contributed by atoms with Crippen molar-refractivity contribution in [2.45, 2.75) is 39.0 Å². The van der Waals surface area contributed by atoms with Crippen molar-refractivity contribution in [3.05, 3.63) is 50.3 Å². The minimum absolute atomic E-state index is 0.00135. The normalized spacial score (nSPS) is 21.4. The van der Waals surface area contributed by atoms with E-state index in [0.29, 0.717) is 31.0 Å². The number of β-amino-alcohol motifs (C(OH)–C–C–N with tert-alkyl or cyclic N) is 1. The number of benzene rings is 1. The number of fused-ring (bicyclic) bond motifs is 1. The summed E-state index contributed by atoms with van der Waals surface area (Å²) in [6.45, 7) is 5.03. The molecule has 0 bridgehead atoms. The SMILES string of the molecule is CCC(C)[C@H]1C(=O)Nc2ccccc2CN1c1c(N2CC(O)C2)c(=O)c1=O. The van der Waals surface area contributed by atoms with Crippen LogP contribution in [0.1, 0.15) is 25.8 Å². The lowest BCUT2D eigenvalue weighted by molar-refractivity contribution is -0.118. The Morgan fingerprint density at radius 2 is 1.81 bits per heavy atom. The molecule has 2 aromatic rings. The van der Waals surface area contributed by atoms with Gasteiger partial charge in [-0.25, -0.2) is 0 Å². The number of hydrogen-bond acceptors (Lipinski definition) is 6. The third-order valence-corrected chi connectivity index (χ3v) is 5.73. The molecule has 0 saturated carbocycles. The highest BCUT2D eigenvalue weighted by atomic mass is 16.3. The molecule has 1 unspecified atom stereocenters. The zero-order chi connectivity index (χ0) is 19.3. The van der Waals surface area contributed by atoms with E-state index in [1.165, 1.54) is 0 Å². The maximum absolute atomic E-state index is 13.0. The highest BCUT2D eigenvalue weighted by Gasteiger charge is 2.41. The molecule has 2 N–H and O–H groups in total. The number of aliphatic hydroxyl groups is 1. The first-order valence-corrected chi connectivity index (χ1v) is 9.34. The summed E-state index contributed by atoms with van der Waals surface area (Å²) in [5.74, 6) is -0.171. The summed E-state index contributed by atoms with van der Waals surface area (Å²) in [4.78, 5) is 41.3. The van der Waals surface area contributed by atoms with Crippen molar-refractivity contribution in [1.82, 2.24) is 0 Å². The Bertz CT molecular complexity index is 957. The molecular formula is C20H23N3O4. The summed E-state index contributed by atoms with van der Waals surface area (Å²) in [5, 5.41) is 12.6. The van der Waals surface area contributed by atoms with Gasteiger partial charge < -0.3 is 20.2 Å². The van der Waals surface area contributed by atoms with Gasteiger partial charge in [-0.3, -0.25) is 14.4 Å². The molecule has 1 amide bonds. The smallest absolute Gasteiger partial charge is 0.253 e. The first-order chi connectivity index (χ1) is 12.9. The van der Waals surface area contributed by atoms with Gasteiger partial charge in [0.25, 0.3) is 10.9 Å². The second-order valence-electron chi connectivity index (χ2n) is 7.52. The second-order valence-corrected chi connectivity index (χ2v) is 7.52. The van der Waals surface area contributed by atoms with Crippen LogP contribution in [-0.2, 0) is 11.3 Å². The molecule has 27 heavy (non-hydrogen) atoms. The third-order valence-electron chi connectivity index (χ3n) is 5.73. The Morgan fingerprint density at radius 3 is 2.48 bits per heavy atom. The maximum atomic E-state index is 13.0. The van der Waals surface area contributed by atoms with Crippen LogP contribution >= 0.6 is 0 Å². The Morgan fingerprint density at radius 1 is 1.15 bits per heavy atom. The highest BCUT2D eigenvalue weighted by molar-refractivity contribution is 6.00. The Labute approximate surface area is 156 Å². The summed E-state index contributed by atoms with van der Waals surface area (Å²) in [5.41, 5.74) is 1.21. The van der Waals surface area contributed by atoms with Gasteiger partial charge in [-0.2, -0.15) is 0 Å². The van der Waals surface area contributed by atoms with Crippen LogP contribution in [0.4, 0.5) is 17.1 Å². The number of hydrogen-bond donors (Lipinski definition) is 2. The number of amides is 1. The van der Waals surface area contributed by atoms with E-state index in [9.17, 15) is 19.5 Å². The van der Waals surface area contributed by atoms with Crippen LogP contribution < -0.4 is 26.0 Å². The molecule has 1 saturated heterocycles. The number of carbonyl (C=O) groups is 1. The number of nitrogens with one attached hydrogen (secondary N) is 1. The van der Waals surface area contributed by atoms with E-state index in [2.05, 4.69) is 5.32 Å². The van der Waals surface area contributed by atoms with Crippen LogP contribution in [0.3, 0.4) is 0 Å². The molecule has 2 heterocycles. The van der Waals surface area contributed by atoms with Crippen molar-refractivity contribution in [2.75, 3.05) is 28.2 Å². The number of carbonyl (C=O) groups excluding carboxylic acids is 1. The average Bonchev–Trinajstić information content (AvgIpc) is 2.77. The van der Waals surface area contributed by atoms with Gasteiger partial charge in [0.1, 0.15) is 17.4 Å². The van der Waals surface area contributed by atoms with Crippen molar-refractivity contribution in [2.24, 2.45) is 5.92 Å². The van der Waals surface area contributed by atoms with Gasteiger partial charge in [0.05, 0.1) is 6.10 Å². The molecule has 4 rings (SSSR count). The van der Waals surface area contributed by atoms with Crippen molar-refractivity contribution in [3.63, 3.8) is 0 Å². The van der Waals surface area contributed by atoms with Crippen LogP contribution in [0, 0.1) is 5.92 Å². The second kappa shape index (κ2) is 6.49. The zero-order valence-corrected chi connectivity index (χ0v) is 15.4. The predicted octanol–water partition coefficient (Wildman–Crippen LogP) is 0.837. The van der Waals surface area contributed by atoms with Crippen LogP contribution in [0.15, 0.2) is 33.9 Å². The van der Waals surface area contributed by atoms with E-state index >= 15 is 0 Å². The predicted molar refractivity (Wildman–Crippen MR) is 104 cm³/mol. The van der Waals surface area contributed by atoms with E-state index in [0.717, 1.165) is 17.7 Å². The van der Waals surface area contributed by atoms with E-state index in [-0.39, 0.29) is 11.8 Å². The van der Waals surface area contributed by atoms with Gasteiger partial charge in [0, 0.05) is 25.3 Å². The molecule has 7 nitrogen and oxygen atoms in total. The van der Waals surface area contributed by atoms with Crippen LogP contribution in [0.5, 0.6) is 0 Å². The summed E-state index contributed by atoms with van der Waals surface area (Å²) >= 11 is 0. The quantitative estimate of drug-likeness (QED) is 0.776. The van der Waals surface area contributed by atoms with Crippen LogP contribution in [-0.4, -0.2) is 36.2 Å². The highest BCUT2D eigenvalue weighted by Crippen LogP contribution is 2.35. The lowest BCUT2D eigenvalue weighted by atomic mass is 9.94. The standard InChI is InChI=1S/C20H23N3O4/c1-3-11(2)15-20(27)21-14-7-5-4-6-12(14)8-23(15)17-16(18(25)19(17)26)22-9-13(24)10-22/h4-7,11,13,15,24H,3,8-10H2,1-2H3,(H,21,27)/t11?,15-/m0/s1. The van der Waals surface area contributed by atoms with Gasteiger partial charge in [-0.1, -0.05) is 38.5 Å². The van der Waals surface area contributed by atoms with Crippen molar-refractivity contribution in [3.8, 4) is 0 Å². The Kier molecular flexibility index (Phi) is 4.26. The fraction of sp³-hybridized carbons (Fsp3) is 0.450. The van der Waals surface area contributed by atoms with Crippen molar-refractivity contribution >= 4 is 23.0 Å². The lowest BCUT2D eigenvalue weighted by Crippen LogP contribution is -2.58. The molecule has 142 valence electrons. The van der Waals surface area contributed by atoms with Gasteiger partial charge in [0.15, 0.2) is 0 Å². The van der Waals surface area contributed by atoms with Gasteiger partial charge >= 0.3 is 0 Å². The van der Waals surface area contributed by atoms with E-state index in [1.54, 1.807) is 9.80 Å². The minimum atomic E-state index is -0.549. The summed E-state index contributed by atoms with van der Waals surface area (Å²) in [7, 11) is 0. The molecule has 2 atom stereocenters. The molecule has 0 spiro atoms. The largest absolute Gasteiger partial charge is 0.389 e. The molecule has 1 fully saturated rings. The van der Waals surface area contributed by atoms with E-state index in [4.69, 9.17) is 0 Å². The molecule has 0 aromatic heterocycles. The topological polar surface area (TPSA) is 89.9 Å². The average molecular weight is 369 g/mol. The fourth-order valence-corrected chi connectivity index (χ4v) is 3.98. The molecule has 0 radical (unpaired) electrons. The molecule has 7 heteroatoms. The summed E-state index contributed by atoms with van der Waals surface area (Å²) < 4.78 is 0. The third kappa shape index (κ3) is 2.73. The Hall–Kier alpha value is -2.67. The number of anilines is 3. The number of nitrogens with zero attached hydrogens (tertiary/aromatic N) is 2. The van der Waals surface area contributed by atoms with E-state index < -0.39 is 23.0 Å². The van der Waals surface area contributed by atoms with Gasteiger partial charge in [0.2, 0.25) is 5.91 Å². The van der Waals surface area contributed by atoms with Crippen molar-refractivity contribution < 1.29 is 9.90 Å². The summed E-state index contributed by atoms with van der Waals surface area (Å²) in [6.07, 6.45) is 0.277. The van der Waals surface area contributed by atoms with Gasteiger partial charge in [-0.05, 0) is 17.5 Å². The number of para-hydroxylation sites is 1. The van der Waals surface area contributed by atoms with Gasteiger partial charge in [-0.15, -0.1) is 0 Å². The van der Waals surface area contributed by atoms with Crippen LogP contribution in [0.2, 0.25) is 0 Å². The monoisotopic (exact) mass is 369 g/mol. The minimum Gasteiger partial charge on any atom is -0.389 e. The van der Waals surface area contributed by atoms with E-state index in [1.807, 2.05) is 38.1 Å². The van der Waals surface area contributed by atoms with Crippen LogP contribution in [0.25, 0.3) is 0 Å². The molecule has 2 aliphatic rings. The molecular weight excluding hydrogens is 346 g/mol. The Balaban J connectivity index is 1.81. The van der Waals surface area contributed by atoms with Crippen molar-refractivity contribution in [1.29, 1.82) is 0 Å². The first kappa shape index (κ1) is 17.7. The summed E-state index contributed by atoms with van der Waals surface area (Å²) in [6, 6.07) is 6.97. The zero-order valence-electron chi connectivity index (χ0n) is 15.4. The molecule has 0 aliphatic carbocycles. The molecule has 2 aliphatic heterocycles. The number of rotatable bonds is 4. The maximum Gasteiger partial charge on any atom is 0.253 e. The lowest BCUT2D eigenvalue weighted by Gasteiger charge is -2.42. The fourth-order valence-electron chi connectivity index (χ4n) is 3.98. The first-order valence-electron chi connectivity index (χ1n) is 9.34. The molecule has 2 aromatic carbocycles. The number of aliphatic hydroxyl groups excluding tert-OH is 1.